The molecule has 1 atom stereocenters. The minimum absolute atomic E-state index is 0.110. The summed E-state index contributed by atoms with van der Waals surface area (Å²) in [6.07, 6.45) is 1.38. The smallest absolute Gasteiger partial charge is 0.227 e. The monoisotopic (exact) mass is 263 g/mol. The highest BCUT2D eigenvalue weighted by atomic mass is 16.5. The van der Waals surface area contributed by atoms with Gasteiger partial charge in [0.25, 0.3) is 0 Å². The zero-order chi connectivity index (χ0) is 13.7. The number of hydrogen-bond acceptors (Lipinski definition) is 3. The van der Waals surface area contributed by atoms with Gasteiger partial charge in [-0.05, 0) is 25.8 Å². The van der Waals surface area contributed by atoms with E-state index in [0.717, 1.165) is 17.7 Å². The predicted molar refractivity (Wildman–Crippen MR) is 74.1 cm³/mol. The average Bonchev–Trinajstić information content (AvgIpc) is 2.44. The lowest BCUT2D eigenvalue weighted by atomic mass is 9.98. The van der Waals surface area contributed by atoms with Crippen LogP contribution in [0.3, 0.4) is 0 Å². The van der Waals surface area contributed by atoms with Gasteiger partial charge in [-0.25, -0.2) is 0 Å². The summed E-state index contributed by atoms with van der Waals surface area (Å²) in [5, 5.41) is 9.95. The van der Waals surface area contributed by atoms with Crippen LogP contribution in [0.4, 0.5) is 5.69 Å². The normalized spacial score (nSPS) is 18.2. The molecule has 0 saturated carbocycles. The molecule has 1 aromatic carbocycles. The van der Waals surface area contributed by atoms with Crippen LogP contribution in [0.2, 0.25) is 0 Å². The standard InChI is InChI=1S/C15H21NO3/c1-2-19-11-5-8-15(18)16-10-9-14(17)12-6-3-4-7-13(12)16/h3-4,6-7,14,17H,2,5,8-11H2,1H3. The summed E-state index contributed by atoms with van der Waals surface area (Å²) in [7, 11) is 0. The molecule has 2 rings (SSSR count). The summed E-state index contributed by atoms with van der Waals surface area (Å²) in [6, 6.07) is 7.58. The highest BCUT2D eigenvalue weighted by Gasteiger charge is 2.26. The van der Waals surface area contributed by atoms with Crippen molar-refractivity contribution in [3.63, 3.8) is 0 Å². The summed E-state index contributed by atoms with van der Waals surface area (Å²) in [4.78, 5) is 14.0. The number of anilines is 1. The van der Waals surface area contributed by atoms with E-state index in [1.54, 1.807) is 4.90 Å². The number of fused-ring (bicyclic) bond motifs is 1. The molecule has 0 aliphatic carbocycles. The van der Waals surface area contributed by atoms with E-state index < -0.39 is 6.10 Å². The van der Waals surface area contributed by atoms with E-state index in [0.29, 0.717) is 32.6 Å². The van der Waals surface area contributed by atoms with Crippen LogP contribution in [-0.4, -0.2) is 30.8 Å². The molecular weight excluding hydrogens is 242 g/mol. The Balaban J connectivity index is 2.01. The predicted octanol–water partition coefficient (Wildman–Crippen LogP) is 2.27. The van der Waals surface area contributed by atoms with Crippen molar-refractivity contribution in [2.24, 2.45) is 0 Å². The third-order valence-corrected chi connectivity index (χ3v) is 3.40. The number of carbonyl (C=O) groups is 1. The van der Waals surface area contributed by atoms with E-state index in [4.69, 9.17) is 4.74 Å². The SMILES string of the molecule is CCOCCCC(=O)N1CCC(O)c2ccccc21. The van der Waals surface area contributed by atoms with Crippen molar-refractivity contribution >= 4 is 11.6 Å². The first-order valence-electron chi connectivity index (χ1n) is 6.89. The Morgan fingerprint density at radius 1 is 1.47 bits per heavy atom. The van der Waals surface area contributed by atoms with Crippen LogP contribution < -0.4 is 4.90 Å². The maximum absolute atomic E-state index is 12.2. The highest BCUT2D eigenvalue weighted by molar-refractivity contribution is 5.94. The van der Waals surface area contributed by atoms with Crippen molar-refractivity contribution in [3.05, 3.63) is 29.8 Å². The van der Waals surface area contributed by atoms with Crippen LogP contribution in [0, 0.1) is 0 Å². The van der Waals surface area contributed by atoms with Crippen LogP contribution in [-0.2, 0) is 9.53 Å². The second kappa shape index (κ2) is 6.68. The van der Waals surface area contributed by atoms with E-state index in [1.165, 1.54) is 0 Å². The Hall–Kier alpha value is -1.39. The van der Waals surface area contributed by atoms with Crippen molar-refractivity contribution in [1.82, 2.24) is 0 Å². The summed E-state index contributed by atoms with van der Waals surface area (Å²) < 4.78 is 5.25. The number of benzene rings is 1. The zero-order valence-electron chi connectivity index (χ0n) is 11.3. The second-order valence-electron chi connectivity index (χ2n) is 4.71. The number of ether oxygens (including phenoxy) is 1. The maximum atomic E-state index is 12.2. The molecule has 104 valence electrons. The topological polar surface area (TPSA) is 49.8 Å². The van der Waals surface area contributed by atoms with Crippen molar-refractivity contribution < 1.29 is 14.6 Å². The van der Waals surface area contributed by atoms with Gasteiger partial charge >= 0.3 is 0 Å². The van der Waals surface area contributed by atoms with Gasteiger partial charge in [-0.3, -0.25) is 4.79 Å². The quantitative estimate of drug-likeness (QED) is 0.829. The third kappa shape index (κ3) is 3.33. The van der Waals surface area contributed by atoms with E-state index in [-0.39, 0.29) is 5.91 Å². The Labute approximate surface area is 114 Å². The van der Waals surface area contributed by atoms with E-state index in [1.807, 2.05) is 31.2 Å². The molecule has 0 radical (unpaired) electrons. The van der Waals surface area contributed by atoms with E-state index >= 15 is 0 Å². The number of aliphatic hydroxyl groups is 1. The molecule has 0 fully saturated rings. The first kappa shape index (κ1) is 14.0. The Morgan fingerprint density at radius 2 is 2.26 bits per heavy atom. The molecule has 0 spiro atoms. The zero-order valence-corrected chi connectivity index (χ0v) is 11.3. The molecule has 1 unspecified atom stereocenters. The van der Waals surface area contributed by atoms with Crippen molar-refractivity contribution in [2.45, 2.75) is 32.3 Å². The van der Waals surface area contributed by atoms with Gasteiger partial charge < -0.3 is 14.7 Å². The Bertz CT molecular complexity index is 433. The number of para-hydroxylation sites is 1. The van der Waals surface area contributed by atoms with Gasteiger partial charge in [-0.15, -0.1) is 0 Å². The van der Waals surface area contributed by atoms with Crippen molar-refractivity contribution in [2.75, 3.05) is 24.7 Å². The minimum atomic E-state index is -0.455. The first-order chi connectivity index (χ1) is 9.24. The van der Waals surface area contributed by atoms with Gasteiger partial charge in [0.1, 0.15) is 0 Å². The van der Waals surface area contributed by atoms with Gasteiger partial charge in [0.2, 0.25) is 5.91 Å². The molecule has 19 heavy (non-hydrogen) atoms. The molecule has 4 heteroatoms. The average molecular weight is 263 g/mol. The lowest BCUT2D eigenvalue weighted by Crippen LogP contribution is -2.36. The number of nitrogens with zero attached hydrogens (tertiary/aromatic N) is 1. The molecule has 0 aromatic heterocycles. The molecular formula is C15H21NO3. The molecule has 1 aliphatic heterocycles. The number of carbonyl (C=O) groups excluding carboxylic acids is 1. The third-order valence-electron chi connectivity index (χ3n) is 3.40. The van der Waals surface area contributed by atoms with E-state index in [9.17, 15) is 9.90 Å². The summed E-state index contributed by atoms with van der Waals surface area (Å²) in [5.41, 5.74) is 1.70. The maximum Gasteiger partial charge on any atom is 0.227 e. The van der Waals surface area contributed by atoms with Crippen LogP contribution in [0.1, 0.15) is 37.9 Å². The van der Waals surface area contributed by atoms with Gasteiger partial charge in [0.15, 0.2) is 0 Å². The largest absolute Gasteiger partial charge is 0.388 e. The molecule has 1 heterocycles. The molecule has 4 nitrogen and oxygen atoms in total. The number of rotatable bonds is 5. The number of aliphatic hydroxyl groups excluding tert-OH is 1. The van der Waals surface area contributed by atoms with Gasteiger partial charge in [0.05, 0.1) is 6.10 Å². The van der Waals surface area contributed by atoms with E-state index in [2.05, 4.69) is 0 Å². The highest BCUT2D eigenvalue weighted by Crippen LogP contribution is 2.33. The lowest BCUT2D eigenvalue weighted by molar-refractivity contribution is -0.119. The van der Waals surface area contributed by atoms with Crippen LogP contribution in [0.15, 0.2) is 24.3 Å². The molecule has 1 aliphatic rings. The fourth-order valence-electron chi connectivity index (χ4n) is 2.41. The minimum Gasteiger partial charge on any atom is -0.388 e. The van der Waals surface area contributed by atoms with Crippen molar-refractivity contribution in [1.29, 1.82) is 0 Å². The fraction of sp³-hybridized carbons (Fsp3) is 0.533. The molecule has 0 bridgehead atoms. The van der Waals surface area contributed by atoms with Gasteiger partial charge in [0, 0.05) is 37.4 Å². The molecule has 0 saturated heterocycles. The second-order valence-corrected chi connectivity index (χ2v) is 4.71. The van der Waals surface area contributed by atoms with Gasteiger partial charge in [-0.2, -0.15) is 0 Å². The van der Waals surface area contributed by atoms with Crippen LogP contribution in [0.5, 0.6) is 0 Å². The summed E-state index contributed by atoms with van der Waals surface area (Å²) in [6.45, 7) is 3.85. The Kier molecular flexibility index (Phi) is 4.93. The van der Waals surface area contributed by atoms with Crippen LogP contribution in [0.25, 0.3) is 0 Å². The summed E-state index contributed by atoms with van der Waals surface area (Å²) >= 11 is 0. The first-order valence-corrected chi connectivity index (χ1v) is 6.89. The van der Waals surface area contributed by atoms with Crippen molar-refractivity contribution in [3.8, 4) is 0 Å². The van der Waals surface area contributed by atoms with Gasteiger partial charge in [-0.1, -0.05) is 18.2 Å². The van der Waals surface area contributed by atoms with Crippen LogP contribution >= 0.6 is 0 Å². The number of amides is 1. The number of hydrogen-bond donors (Lipinski definition) is 1. The molecule has 1 aromatic rings. The Morgan fingerprint density at radius 3 is 3.05 bits per heavy atom. The fourth-order valence-corrected chi connectivity index (χ4v) is 2.41. The molecule has 1 N–H and O–H groups in total. The summed E-state index contributed by atoms with van der Waals surface area (Å²) in [5.74, 6) is 0.110. The molecule has 1 amide bonds. The lowest BCUT2D eigenvalue weighted by Gasteiger charge is -2.32.